The molecule has 36 heavy (non-hydrogen) atoms. The Hall–Kier alpha value is -2.82. The molecule has 1 fully saturated rings. The Morgan fingerprint density at radius 1 is 1.19 bits per heavy atom. The van der Waals surface area contributed by atoms with Crippen molar-refractivity contribution in [3.05, 3.63) is 24.0 Å². The van der Waals surface area contributed by atoms with Crippen molar-refractivity contribution in [1.82, 2.24) is 24.5 Å². The van der Waals surface area contributed by atoms with Crippen LogP contribution >= 0.6 is 0 Å². The van der Waals surface area contributed by atoms with Gasteiger partial charge in [0.2, 0.25) is 5.65 Å². The number of nitrogens with one attached hydrogen (secondary N) is 1. The summed E-state index contributed by atoms with van der Waals surface area (Å²) in [6, 6.07) is 5.93. The molecule has 1 atom stereocenters. The summed E-state index contributed by atoms with van der Waals surface area (Å²) in [5.41, 5.74) is 2.43. The van der Waals surface area contributed by atoms with Crippen LogP contribution in [0.5, 0.6) is 5.75 Å². The standard InChI is InChI=1S/C26H38N6O4/c1-18(2)24(34)23(33)7-5-4-6-10-27-25-26-30-29-19(3)32(26)22-9-8-20(17-21(22)28-25)36-16-13-31-11-14-35-15-12-31/h8-9,17-18,24,34H,4-7,10-16H2,1-3H3,(H,27,28)/t24-/m0/s1. The molecule has 10 nitrogen and oxygen atoms in total. The number of aromatic nitrogens is 4. The topological polar surface area (TPSA) is 114 Å². The summed E-state index contributed by atoms with van der Waals surface area (Å²) >= 11 is 0. The van der Waals surface area contributed by atoms with Crippen molar-refractivity contribution in [2.24, 2.45) is 5.92 Å². The van der Waals surface area contributed by atoms with Gasteiger partial charge in [-0.25, -0.2) is 4.98 Å². The highest BCUT2D eigenvalue weighted by atomic mass is 16.5. The monoisotopic (exact) mass is 498 g/mol. The molecule has 3 heterocycles. The Morgan fingerprint density at radius 3 is 2.78 bits per heavy atom. The number of benzene rings is 1. The molecule has 0 spiro atoms. The molecule has 2 aromatic heterocycles. The highest BCUT2D eigenvalue weighted by Crippen LogP contribution is 2.25. The highest BCUT2D eigenvalue weighted by molar-refractivity contribution is 5.84. The van der Waals surface area contributed by atoms with Gasteiger partial charge in [-0.15, -0.1) is 10.2 Å². The molecular weight excluding hydrogens is 460 g/mol. The molecular formula is C26H38N6O4. The molecule has 0 amide bonds. The van der Waals surface area contributed by atoms with Crippen molar-refractivity contribution < 1.29 is 19.4 Å². The largest absolute Gasteiger partial charge is 0.492 e. The fourth-order valence-electron chi connectivity index (χ4n) is 4.41. The van der Waals surface area contributed by atoms with Crippen LogP contribution < -0.4 is 10.1 Å². The average Bonchev–Trinajstić information content (AvgIpc) is 3.27. The van der Waals surface area contributed by atoms with Crippen molar-refractivity contribution in [3.8, 4) is 5.75 Å². The molecule has 3 aromatic rings. The summed E-state index contributed by atoms with van der Waals surface area (Å²) in [5.74, 6) is 2.15. The number of aliphatic hydroxyl groups is 1. The van der Waals surface area contributed by atoms with Gasteiger partial charge in [-0.2, -0.15) is 0 Å². The predicted molar refractivity (Wildman–Crippen MR) is 139 cm³/mol. The number of fused-ring (bicyclic) bond motifs is 3. The minimum atomic E-state index is -0.859. The van der Waals surface area contributed by atoms with E-state index in [1.54, 1.807) is 0 Å². The number of hydrogen-bond acceptors (Lipinski definition) is 9. The highest BCUT2D eigenvalue weighted by Gasteiger charge is 2.18. The second-order valence-electron chi connectivity index (χ2n) is 9.71. The van der Waals surface area contributed by atoms with Crippen LogP contribution in [0.15, 0.2) is 18.2 Å². The second kappa shape index (κ2) is 12.4. The molecule has 1 aromatic carbocycles. The van der Waals surface area contributed by atoms with Gasteiger partial charge in [0, 0.05) is 38.7 Å². The lowest BCUT2D eigenvalue weighted by atomic mass is 9.99. The Kier molecular flexibility index (Phi) is 9.06. The van der Waals surface area contributed by atoms with Gasteiger partial charge in [-0.1, -0.05) is 20.3 Å². The van der Waals surface area contributed by atoms with E-state index in [-0.39, 0.29) is 11.7 Å². The van der Waals surface area contributed by atoms with Crippen molar-refractivity contribution >= 4 is 28.3 Å². The number of Topliss-reactive ketones (excluding diaryl/α,β-unsaturated/α-hetero) is 1. The quantitative estimate of drug-likeness (QED) is 0.343. The van der Waals surface area contributed by atoms with E-state index in [1.807, 2.05) is 43.4 Å². The van der Waals surface area contributed by atoms with Gasteiger partial charge in [0.25, 0.3) is 0 Å². The van der Waals surface area contributed by atoms with Gasteiger partial charge in [0.1, 0.15) is 24.3 Å². The molecule has 0 radical (unpaired) electrons. The van der Waals surface area contributed by atoms with Crippen molar-refractivity contribution in [3.63, 3.8) is 0 Å². The first-order chi connectivity index (χ1) is 17.4. The van der Waals surface area contributed by atoms with E-state index in [4.69, 9.17) is 14.5 Å². The van der Waals surface area contributed by atoms with E-state index in [2.05, 4.69) is 20.4 Å². The Balaban J connectivity index is 1.36. The van der Waals surface area contributed by atoms with Gasteiger partial charge < -0.3 is 19.9 Å². The van der Waals surface area contributed by atoms with Crippen LogP contribution in [0, 0.1) is 12.8 Å². The Labute approximate surface area is 212 Å². The number of morpholine rings is 1. The molecule has 4 rings (SSSR count). The predicted octanol–water partition coefficient (Wildman–Crippen LogP) is 2.86. The molecule has 1 aliphatic rings. The minimum absolute atomic E-state index is 0.0390. The molecule has 10 heteroatoms. The molecule has 2 N–H and O–H groups in total. The number of unbranched alkanes of at least 4 members (excludes halogenated alkanes) is 2. The number of ketones is 1. The third kappa shape index (κ3) is 6.48. The third-order valence-electron chi connectivity index (χ3n) is 6.59. The Bertz CT molecular complexity index is 1160. The zero-order valence-electron chi connectivity index (χ0n) is 21.6. The maximum atomic E-state index is 12.0. The number of rotatable bonds is 13. The number of ether oxygens (including phenoxy) is 2. The van der Waals surface area contributed by atoms with Gasteiger partial charge in [-0.05, 0) is 37.8 Å². The maximum Gasteiger partial charge on any atom is 0.204 e. The van der Waals surface area contributed by atoms with Crippen LogP contribution in [-0.4, -0.2) is 87.5 Å². The fraction of sp³-hybridized carbons (Fsp3) is 0.615. The van der Waals surface area contributed by atoms with Crippen LogP contribution in [0.4, 0.5) is 5.82 Å². The normalized spacial score (nSPS) is 15.6. The minimum Gasteiger partial charge on any atom is -0.492 e. The van der Waals surface area contributed by atoms with Crippen molar-refractivity contribution in [2.75, 3.05) is 51.3 Å². The van der Waals surface area contributed by atoms with E-state index in [0.29, 0.717) is 31.0 Å². The third-order valence-corrected chi connectivity index (χ3v) is 6.59. The summed E-state index contributed by atoms with van der Waals surface area (Å²) in [6.07, 6.45) is 2.09. The number of carbonyl (C=O) groups is 1. The summed E-state index contributed by atoms with van der Waals surface area (Å²) in [6.45, 7) is 11.3. The first-order valence-electron chi connectivity index (χ1n) is 13.0. The molecule has 1 saturated heterocycles. The van der Waals surface area contributed by atoms with Crippen LogP contribution in [0.2, 0.25) is 0 Å². The Morgan fingerprint density at radius 2 is 2.00 bits per heavy atom. The summed E-state index contributed by atoms with van der Waals surface area (Å²) in [4.78, 5) is 19.2. The SMILES string of the molecule is Cc1nnc2c(NCCCCCC(=O)[C@@H](O)C(C)C)nc3cc(OCCN4CCOCC4)ccc3n12. The van der Waals surface area contributed by atoms with Crippen LogP contribution in [0.3, 0.4) is 0 Å². The van der Waals surface area contributed by atoms with Crippen LogP contribution in [-0.2, 0) is 9.53 Å². The van der Waals surface area contributed by atoms with Crippen LogP contribution in [0.25, 0.3) is 16.7 Å². The zero-order valence-corrected chi connectivity index (χ0v) is 21.6. The summed E-state index contributed by atoms with van der Waals surface area (Å²) in [5, 5.41) is 21.9. The smallest absolute Gasteiger partial charge is 0.204 e. The van der Waals surface area contributed by atoms with Gasteiger partial charge in [0.15, 0.2) is 11.6 Å². The molecule has 0 bridgehead atoms. The summed E-state index contributed by atoms with van der Waals surface area (Å²) < 4.78 is 13.4. The first-order valence-corrected chi connectivity index (χ1v) is 13.0. The molecule has 196 valence electrons. The summed E-state index contributed by atoms with van der Waals surface area (Å²) in [7, 11) is 0. The van der Waals surface area contributed by atoms with Crippen LogP contribution in [0.1, 0.15) is 45.4 Å². The van der Waals surface area contributed by atoms with Crippen molar-refractivity contribution in [2.45, 2.75) is 52.6 Å². The lowest BCUT2D eigenvalue weighted by molar-refractivity contribution is -0.129. The maximum absolute atomic E-state index is 12.0. The molecule has 0 aliphatic carbocycles. The lowest BCUT2D eigenvalue weighted by Gasteiger charge is -2.26. The molecule has 0 unspecified atom stereocenters. The molecule has 1 aliphatic heterocycles. The van der Waals surface area contributed by atoms with Gasteiger partial charge in [0.05, 0.1) is 24.2 Å². The second-order valence-corrected chi connectivity index (χ2v) is 9.71. The van der Waals surface area contributed by atoms with E-state index < -0.39 is 6.10 Å². The first kappa shape index (κ1) is 26.2. The average molecular weight is 499 g/mol. The lowest BCUT2D eigenvalue weighted by Crippen LogP contribution is -2.38. The van der Waals surface area contributed by atoms with Gasteiger partial charge in [-0.3, -0.25) is 14.1 Å². The van der Waals surface area contributed by atoms with E-state index in [0.717, 1.165) is 74.7 Å². The molecule has 0 saturated carbocycles. The number of anilines is 1. The van der Waals surface area contributed by atoms with Crippen molar-refractivity contribution in [1.29, 1.82) is 0 Å². The number of hydrogen-bond donors (Lipinski definition) is 2. The van der Waals surface area contributed by atoms with E-state index in [1.165, 1.54) is 0 Å². The van der Waals surface area contributed by atoms with Gasteiger partial charge >= 0.3 is 0 Å². The number of aliphatic hydroxyl groups excluding tert-OH is 1. The van der Waals surface area contributed by atoms with E-state index >= 15 is 0 Å². The number of nitrogens with zero attached hydrogens (tertiary/aromatic N) is 5. The van der Waals surface area contributed by atoms with E-state index in [9.17, 15) is 9.90 Å². The number of aryl methyl sites for hydroxylation is 1. The zero-order chi connectivity index (χ0) is 25.5. The fourth-order valence-corrected chi connectivity index (χ4v) is 4.41. The number of carbonyl (C=O) groups excluding carboxylic acids is 1.